The number of rotatable bonds is 2. The minimum atomic E-state index is -0.865. The van der Waals surface area contributed by atoms with Gasteiger partial charge in [-0.05, 0) is 6.07 Å². The Morgan fingerprint density at radius 1 is 1.64 bits per heavy atom. The lowest BCUT2D eigenvalue weighted by molar-refractivity contribution is -0.137. The fourth-order valence-corrected chi connectivity index (χ4v) is 1.63. The van der Waals surface area contributed by atoms with Crippen LogP contribution < -0.4 is 4.74 Å². The zero-order valence-electron chi connectivity index (χ0n) is 7.37. The van der Waals surface area contributed by atoms with Crippen LogP contribution >= 0.6 is 0 Å². The van der Waals surface area contributed by atoms with E-state index in [1.807, 2.05) is 0 Å². The molecule has 1 aromatic carbocycles. The SMILES string of the molecule is O=C(O)CC1COc2cc(F)ccc21. The van der Waals surface area contributed by atoms with Crippen LogP contribution in [0.1, 0.15) is 17.9 Å². The van der Waals surface area contributed by atoms with E-state index in [0.717, 1.165) is 5.56 Å². The predicted octanol–water partition coefficient (Wildman–Crippen LogP) is 1.78. The smallest absolute Gasteiger partial charge is 0.304 e. The summed E-state index contributed by atoms with van der Waals surface area (Å²) in [7, 11) is 0. The molecule has 0 saturated heterocycles. The Balaban J connectivity index is 2.26. The van der Waals surface area contributed by atoms with Gasteiger partial charge in [-0.1, -0.05) is 6.07 Å². The van der Waals surface area contributed by atoms with Crippen LogP contribution in [0.5, 0.6) is 5.75 Å². The number of carboxylic acids is 1. The Bertz CT molecular complexity index is 376. The van der Waals surface area contributed by atoms with Crippen molar-refractivity contribution in [1.29, 1.82) is 0 Å². The number of fused-ring (bicyclic) bond motifs is 1. The maximum Gasteiger partial charge on any atom is 0.304 e. The summed E-state index contributed by atoms with van der Waals surface area (Å²) >= 11 is 0. The highest BCUT2D eigenvalue weighted by atomic mass is 19.1. The molecule has 0 amide bonds. The largest absolute Gasteiger partial charge is 0.493 e. The molecule has 3 nitrogen and oxygen atoms in total. The molecule has 0 aliphatic carbocycles. The van der Waals surface area contributed by atoms with Crippen molar-refractivity contribution < 1.29 is 19.0 Å². The maximum absolute atomic E-state index is 12.8. The molecule has 0 aromatic heterocycles. The van der Waals surface area contributed by atoms with Gasteiger partial charge in [0.15, 0.2) is 0 Å². The molecule has 0 spiro atoms. The van der Waals surface area contributed by atoms with Crippen molar-refractivity contribution >= 4 is 5.97 Å². The van der Waals surface area contributed by atoms with Crippen LogP contribution in [0, 0.1) is 5.82 Å². The monoisotopic (exact) mass is 196 g/mol. The molecule has 4 heteroatoms. The van der Waals surface area contributed by atoms with Gasteiger partial charge in [0.05, 0.1) is 13.0 Å². The second kappa shape index (κ2) is 3.29. The number of halogens is 1. The summed E-state index contributed by atoms with van der Waals surface area (Å²) in [6.45, 7) is 0.324. The summed E-state index contributed by atoms with van der Waals surface area (Å²) in [5.74, 6) is -0.908. The number of benzene rings is 1. The molecule has 1 aromatic rings. The molecule has 1 aliphatic rings. The van der Waals surface area contributed by atoms with E-state index >= 15 is 0 Å². The molecule has 1 atom stereocenters. The minimum Gasteiger partial charge on any atom is -0.493 e. The van der Waals surface area contributed by atoms with Crippen molar-refractivity contribution in [3.63, 3.8) is 0 Å². The second-order valence-corrected chi connectivity index (χ2v) is 3.29. The van der Waals surface area contributed by atoms with E-state index < -0.39 is 5.97 Å². The first kappa shape index (κ1) is 8.99. The number of carboxylic acid groups (broad SMARTS) is 1. The number of hydrogen-bond acceptors (Lipinski definition) is 2. The first-order valence-electron chi connectivity index (χ1n) is 4.31. The normalized spacial score (nSPS) is 18.8. The van der Waals surface area contributed by atoms with E-state index in [1.54, 1.807) is 6.07 Å². The average Bonchev–Trinajstić information content (AvgIpc) is 2.47. The Hall–Kier alpha value is -1.58. The topological polar surface area (TPSA) is 46.5 Å². The lowest BCUT2D eigenvalue weighted by Gasteiger charge is -2.03. The quantitative estimate of drug-likeness (QED) is 0.784. The molecule has 74 valence electrons. The molecule has 0 fully saturated rings. The summed E-state index contributed by atoms with van der Waals surface area (Å²) in [6, 6.07) is 4.20. The Morgan fingerprint density at radius 2 is 2.43 bits per heavy atom. The van der Waals surface area contributed by atoms with Crippen molar-refractivity contribution in [2.45, 2.75) is 12.3 Å². The standard InChI is InChI=1S/C10H9FO3/c11-7-1-2-8-6(3-10(12)13)5-14-9(8)4-7/h1-2,4,6H,3,5H2,(H,12,13). The van der Waals surface area contributed by atoms with Gasteiger partial charge in [-0.25, -0.2) is 4.39 Å². The first-order chi connectivity index (χ1) is 6.66. The molecule has 14 heavy (non-hydrogen) atoms. The van der Waals surface area contributed by atoms with Crippen molar-refractivity contribution in [2.24, 2.45) is 0 Å². The summed E-state index contributed by atoms with van der Waals surface area (Å²) in [5, 5.41) is 8.62. The van der Waals surface area contributed by atoms with Gasteiger partial charge >= 0.3 is 5.97 Å². The number of hydrogen-bond donors (Lipinski definition) is 1. The van der Waals surface area contributed by atoms with Crippen molar-refractivity contribution in [2.75, 3.05) is 6.61 Å². The third kappa shape index (κ3) is 1.55. The van der Waals surface area contributed by atoms with Gasteiger partial charge in [0.2, 0.25) is 0 Å². The van der Waals surface area contributed by atoms with Crippen molar-refractivity contribution in [3.05, 3.63) is 29.6 Å². The molecule has 1 unspecified atom stereocenters. The molecule has 0 saturated carbocycles. The summed E-state index contributed by atoms with van der Waals surface area (Å²) in [6.07, 6.45) is 0.0264. The van der Waals surface area contributed by atoms with E-state index in [4.69, 9.17) is 9.84 Å². The molecular weight excluding hydrogens is 187 g/mol. The second-order valence-electron chi connectivity index (χ2n) is 3.29. The van der Waals surface area contributed by atoms with Gasteiger partial charge in [0.1, 0.15) is 11.6 Å². The van der Waals surface area contributed by atoms with Crippen LogP contribution in [-0.2, 0) is 4.79 Å². The third-order valence-electron chi connectivity index (χ3n) is 2.28. The van der Waals surface area contributed by atoms with Crippen LogP contribution in [0.4, 0.5) is 4.39 Å². The molecular formula is C10H9FO3. The zero-order chi connectivity index (χ0) is 10.1. The Labute approximate surface area is 80.1 Å². The predicted molar refractivity (Wildman–Crippen MR) is 46.9 cm³/mol. The van der Waals surface area contributed by atoms with Crippen molar-refractivity contribution in [3.8, 4) is 5.75 Å². The fourth-order valence-electron chi connectivity index (χ4n) is 1.63. The van der Waals surface area contributed by atoms with Crippen LogP contribution in [-0.4, -0.2) is 17.7 Å². The molecule has 1 N–H and O–H groups in total. The Kier molecular flexibility index (Phi) is 2.11. The first-order valence-corrected chi connectivity index (χ1v) is 4.31. The van der Waals surface area contributed by atoms with Crippen molar-refractivity contribution in [1.82, 2.24) is 0 Å². The lowest BCUT2D eigenvalue weighted by Crippen LogP contribution is -2.07. The number of aliphatic carboxylic acids is 1. The van der Waals surface area contributed by atoms with E-state index in [9.17, 15) is 9.18 Å². The van der Waals surface area contributed by atoms with E-state index in [1.165, 1.54) is 12.1 Å². The molecule has 2 rings (SSSR count). The van der Waals surface area contributed by atoms with Gasteiger partial charge in [0.25, 0.3) is 0 Å². The average molecular weight is 196 g/mol. The molecule has 0 bridgehead atoms. The number of ether oxygens (including phenoxy) is 1. The van der Waals surface area contributed by atoms with E-state index in [-0.39, 0.29) is 18.2 Å². The van der Waals surface area contributed by atoms with E-state index in [2.05, 4.69) is 0 Å². The number of carbonyl (C=O) groups is 1. The summed E-state index contributed by atoms with van der Waals surface area (Å²) in [5.41, 5.74) is 0.786. The molecule has 0 radical (unpaired) electrons. The van der Waals surface area contributed by atoms with E-state index in [0.29, 0.717) is 12.4 Å². The molecule has 1 heterocycles. The highest BCUT2D eigenvalue weighted by molar-refractivity contribution is 5.68. The highest BCUT2D eigenvalue weighted by Crippen LogP contribution is 2.35. The van der Waals surface area contributed by atoms with Gasteiger partial charge in [-0.2, -0.15) is 0 Å². The summed E-state index contributed by atoms with van der Waals surface area (Å²) in [4.78, 5) is 10.5. The fraction of sp³-hybridized carbons (Fsp3) is 0.300. The van der Waals surface area contributed by atoms with Gasteiger partial charge in [0, 0.05) is 17.5 Å². The Morgan fingerprint density at radius 3 is 3.14 bits per heavy atom. The van der Waals surface area contributed by atoms with Crippen LogP contribution in [0.25, 0.3) is 0 Å². The molecule has 1 aliphatic heterocycles. The minimum absolute atomic E-state index is 0.0264. The lowest BCUT2D eigenvalue weighted by atomic mass is 9.98. The van der Waals surface area contributed by atoms with Gasteiger partial charge in [-0.3, -0.25) is 4.79 Å². The summed E-state index contributed by atoms with van der Waals surface area (Å²) < 4.78 is 17.9. The zero-order valence-corrected chi connectivity index (χ0v) is 7.37. The highest BCUT2D eigenvalue weighted by Gasteiger charge is 2.26. The van der Waals surface area contributed by atoms with Gasteiger partial charge in [-0.15, -0.1) is 0 Å². The van der Waals surface area contributed by atoms with Crippen LogP contribution in [0.15, 0.2) is 18.2 Å². The van der Waals surface area contributed by atoms with Crippen LogP contribution in [0.2, 0.25) is 0 Å². The van der Waals surface area contributed by atoms with Gasteiger partial charge < -0.3 is 9.84 Å². The maximum atomic E-state index is 12.8. The van der Waals surface area contributed by atoms with Crippen LogP contribution in [0.3, 0.4) is 0 Å². The third-order valence-corrected chi connectivity index (χ3v) is 2.28.